The van der Waals surface area contributed by atoms with Crippen molar-refractivity contribution in [2.24, 2.45) is 11.8 Å². The summed E-state index contributed by atoms with van der Waals surface area (Å²) in [5.74, 6) is 0.210. The predicted octanol–water partition coefficient (Wildman–Crippen LogP) is 3.49. The molecule has 10 heteroatoms. The van der Waals surface area contributed by atoms with Crippen LogP contribution in [0.15, 0.2) is 29.2 Å². The number of nitrogens with one attached hydrogen (secondary N) is 1. The minimum atomic E-state index is -4.61. The third-order valence-corrected chi connectivity index (χ3v) is 9.46. The molecule has 3 saturated heterocycles. The zero-order valence-corrected chi connectivity index (χ0v) is 19.7. The summed E-state index contributed by atoms with van der Waals surface area (Å²) < 4.78 is 68.8. The average molecular weight is 488 g/mol. The molecule has 0 unspecified atom stereocenters. The Morgan fingerprint density at radius 2 is 1.91 bits per heavy atom. The summed E-state index contributed by atoms with van der Waals surface area (Å²) in [7, 11) is -2.55. The first kappa shape index (κ1) is 24.5. The quantitative estimate of drug-likeness (QED) is 0.667. The van der Waals surface area contributed by atoms with Crippen LogP contribution in [0.2, 0.25) is 0 Å². The zero-order valence-electron chi connectivity index (χ0n) is 18.9. The van der Waals surface area contributed by atoms with Crippen molar-refractivity contribution in [3.63, 3.8) is 0 Å². The van der Waals surface area contributed by atoms with E-state index in [1.807, 2.05) is 0 Å². The fourth-order valence-corrected chi connectivity index (χ4v) is 7.96. The average Bonchev–Trinajstić information content (AvgIpc) is 2.79. The number of amides is 1. The molecule has 6 nitrogen and oxygen atoms in total. The van der Waals surface area contributed by atoms with Crippen LogP contribution in [-0.2, 0) is 21.0 Å². The van der Waals surface area contributed by atoms with Gasteiger partial charge in [0.2, 0.25) is 15.9 Å². The summed E-state index contributed by atoms with van der Waals surface area (Å²) >= 11 is 0. The van der Waals surface area contributed by atoms with Gasteiger partial charge < -0.3 is 5.32 Å². The van der Waals surface area contributed by atoms with E-state index in [4.69, 9.17) is 0 Å². The van der Waals surface area contributed by atoms with Gasteiger partial charge in [0.25, 0.3) is 0 Å². The minimum absolute atomic E-state index is 0.0982. The van der Waals surface area contributed by atoms with Crippen molar-refractivity contribution < 1.29 is 26.4 Å². The Morgan fingerprint density at radius 1 is 1.18 bits per heavy atom. The maximum absolute atomic E-state index is 13.7. The lowest BCUT2D eigenvalue weighted by molar-refractivity contribution is -0.137. The van der Waals surface area contributed by atoms with Crippen LogP contribution in [0.4, 0.5) is 13.2 Å². The molecule has 0 aromatic heterocycles. The minimum Gasteiger partial charge on any atom is -0.359 e. The summed E-state index contributed by atoms with van der Waals surface area (Å²) in [6.07, 6.45) is 0.561. The lowest BCUT2D eigenvalue weighted by Gasteiger charge is -2.57. The molecule has 0 saturated carbocycles. The highest BCUT2D eigenvalue weighted by Crippen LogP contribution is 2.45. The van der Waals surface area contributed by atoms with Gasteiger partial charge in [-0.1, -0.05) is 6.07 Å². The molecule has 3 aliphatic rings. The van der Waals surface area contributed by atoms with E-state index in [1.165, 1.54) is 10.4 Å². The van der Waals surface area contributed by atoms with Crippen LogP contribution in [-0.4, -0.2) is 62.3 Å². The van der Waals surface area contributed by atoms with Crippen molar-refractivity contribution in [1.82, 2.24) is 14.5 Å². The second-order valence-electron chi connectivity index (χ2n) is 9.47. The molecule has 184 valence electrons. The molecule has 4 rings (SSSR count). The second kappa shape index (κ2) is 9.54. The van der Waals surface area contributed by atoms with Crippen molar-refractivity contribution in [2.45, 2.75) is 68.1 Å². The molecule has 1 amide bonds. The molecule has 4 atom stereocenters. The number of sulfonamides is 1. The van der Waals surface area contributed by atoms with Crippen molar-refractivity contribution in [3.05, 3.63) is 29.8 Å². The third kappa shape index (κ3) is 4.93. The second-order valence-corrected chi connectivity index (χ2v) is 11.4. The smallest absolute Gasteiger partial charge is 0.359 e. The molecule has 3 heterocycles. The normalized spacial score (nSPS) is 28.8. The highest BCUT2D eigenvalue weighted by Gasteiger charge is 2.51. The highest BCUT2D eigenvalue weighted by molar-refractivity contribution is 7.89. The number of rotatable bonds is 6. The lowest BCUT2D eigenvalue weighted by atomic mass is 9.70. The number of piperidine rings is 3. The van der Waals surface area contributed by atoms with Crippen LogP contribution in [0.25, 0.3) is 0 Å². The molecule has 0 radical (unpaired) electrons. The van der Waals surface area contributed by atoms with Gasteiger partial charge in [0.05, 0.1) is 10.5 Å². The summed E-state index contributed by atoms with van der Waals surface area (Å²) in [4.78, 5) is 13.9. The van der Waals surface area contributed by atoms with Gasteiger partial charge in [0, 0.05) is 32.1 Å². The monoisotopic (exact) mass is 487 g/mol. The molecule has 3 fully saturated rings. The molecular weight excluding hydrogens is 455 g/mol. The fraction of sp³-hybridized carbons (Fsp3) is 0.696. The summed E-state index contributed by atoms with van der Waals surface area (Å²) in [5, 5.41) is 2.59. The van der Waals surface area contributed by atoms with Crippen molar-refractivity contribution >= 4 is 15.9 Å². The summed E-state index contributed by atoms with van der Waals surface area (Å²) in [5.41, 5.74) is -0.962. The number of hydrogen-bond donors (Lipinski definition) is 1. The van der Waals surface area contributed by atoms with Crippen LogP contribution < -0.4 is 5.32 Å². The van der Waals surface area contributed by atoms with Gasteiger partial charge >= 0.3 is 6.18 Å². The number of carbonyl (C=O) groups is 1. The fourth-order valence-electron chi connectivity index (χ4n) is 6.16. The molecule has 0 aliphatic carbocycles. The Morgan fingerprint density at radius 3 is 2.61 bits per heavy atom. The molecule has 33 heavy (non-hydrogen) atoms. The molecule has 1 aromatic rings. The number of hydrogen-bond acceptors (Lipinski definition) is 4. The standard InChI is InChI=1S/C23H32F3N3O3S/c1-27-21(30)11-3-10-20-19-9-5-13-28-12-4-6-16(22(19)28)15-29(20)33(31,32)18-8-2-7-17(14-18)23(24,25)26/h2,7-8,14,16,19-20,22H,3-6,9-13,15H2,1H3,(H,27,30)/t16-,19+,20+,22-/m0/s1. The Kier molecular flexibility index (Phi) is 7.08. The van der Waals surface area contributed by atoms with Crippen molar-refractivity contribution in [1.29, 1.82) is 0 Å². The van der Waals surface area contributed by atoms with Crippen molar-refractivity contribution in [2.75, 3.05) is 26.7 Å². The van der Waals surface area contributed by atoms with E-state index in [2.05, 4.69) is 10.2 Å². The van der Waals surface area contributed by atoms with E-state index in [0.29, 0.717) is 31.8 Å². The van der Waals surface area contributed by atoms with Crippen molar-refractivity contribution in [3.8, 4) is 0 Å². The third-order valence-electron chi connectivity index (χ3n) is 7.58. The number of alkyl halides is 3. The largest absolute Gasteiger partial charge is 0.416 e. The lowest BCUT2D eigenvalue weighted by Crippen LogP contribution is -2.65. The highest BCUT2D eigenvalue weighted by atomic mass is 32.2. The van der Waals surface area contributed by atoms with Crippen LogP contribution in [0.1, 0.15) is 50.5 Å². The first-order valence-electron chi connectivity index (χ1n) is 11.8. The first-order chi connectivity index (χ1) is 15.6. The molecular formula is C23H32F3N3O3S. The van der Waals surface area contributed by atoms with Gasteiger partial charge in [0.1, 0.15) is 0 Å². The number of benzene rings is 1. The molecule has 0 bridgehead atoms. The molecule has 1 aromatic carbocycles. The SMILES string of the molecule is CNC(=O)CCC[C@@H]1[C@H]2CCCN3CCC[C@@H](CN1S(=O)(=O)c1cccc(C(F)(F)F)c1)[C@@H]23. The van der Waals surface area contributed by atoms with E-state index in [-0.39, 0.29) is 28.7 Å². The van der Waals surface area contributed by atoms with Crippen LogP contribution in [0.3, 0.4) is 0 Å². The van der Waals surface area contributed by atoms with E-state index >= 15 is 0 Å². The predicted molar refractivity (Wildman–Crippen MR) is 118 cm³/mol. The topological polar surface area (TPSA) is 69.7 Å². The van der Waals surface area contributed by atoms with Gasteiger partial charge in [-0.3, -0.25) is 9.69 Å². The number of carbonyl (C=O) groups excluding carboxylic acids is 1. The maximum Gasteiger partial charge on any atom is 0.416 e. The van der Waals surface area contributed by atoms with E-state index in [1.54, 1.807) is 7.05 Å². The number of nitrogens with zero attached hydrogens (tertiary/aromatic N) is 2. The van der Waals surface area contributed by atoms with Gasteiger partial charge in [-0.2, -0.15) is 17.5 Å². The maximum atomic E-state index is 13.7. The van der Waals surface area contributed by atoms with Gasteiger partial charge in [0.15, 0.2) is 0 Å². The van der Waals surface area contributed by atoms with E-state index in [0.717, 1.165) is 57.0 Å². The van der Waals surface area contributed by atoms with E-state index < -0.39 is 21.8 Å². The Hall–Kier alpha value is -1.65. The zero-order chi connectivity index (χ0) is 23.8. The summed E-state index contributed by atoms with van der Waals surface area (Å²) in [6, 6.07) is 4.04. The van der Waals surface area contributed by atoms with Gasteiger partial charge in [-0.25, -0.2) is 8.42 Å². The van der Waals surface area contributed by atoms with Gasteiger partial charge in [-0.15, -0.1) is 0 Å². The Balaban J connectivity index is 1.68. The van der Waals surface area contributed by atoms with Crippen LogP contribution >= 0.6 is 0 Å². The molecule has 3 aliphatic heterocycles. The summed E-state index contributed by atoms with van der Waals surface area (Å²) in [6.45, 7) is 2.35. The first-order valence-corrected chi connectivity index (χ1v) is 13.2. The van der Waals surface area contributed by atoms with Gasteiger partial charge in [-0.05, 0) is 81.6 Å². The molecule has 1 N–H and O–H groups in total. The van der Waals surface area contributed by atoms with Crippen LogP contribution in [0, 0.1) is 11.8 Å². The molecule has 0 spiro atoms. The Labute approximate surface area is 193 Å². The van der Waals surface area contributed by atoms with E-state index in [9.17, 15) is 26.4 Å². The Bertz CT molecular complexity index is 967. The number of halogens is 3. The van der Waals surface area contributed by atoms with Crippen LogP contribution in [0.5, 0.6) is 0 Å².